The van der Waals surface area contributed by atoms with E-state index in [0.29, 0.717) is 12.3 Å². The van der Waals surface area contributed by atoms with Crippen LogP contribution in [0.1, 0.15) is 45.6 Å². The van der Waals surface area contributed by atoms with Crippen molar-refractivity contribution in [3.8, 4) is 5.75 Å². The van der Waals surface area contributed by atoms with Crippen LogP contribution in [0.5, 0.6) is 5.75 Å². The first-order valence-corrected chi connectivity index (χ1v) is 9.06. The fourth-order valence-corrected chi connectivity index (χ4v) is 2.90. The van der Waals surface area contributed by atoms with Gasteiger partial charge in [-0.25, -0.2) is 0 Å². The van der Waals surface area contributed by atoms with E-state index in [9.17, 15) is 4.79 Å². The molecule has 0 aliphatic heterocycles. The number of carbonyl (C=O) groups is 1. The van der Waals surface area contributed by atoms with Crippen molar-refractivity contribution >= 4 is 5.91 Å². The molecule has 0 atom stereocenters. The number of nitrogens with one attached hydrogen (secondary N) is 1. The monoisotopic (exact) mass is 367 g/mol. The van der Waals surface area contributed by atoms with Crippen LogP contribution in [0.15, 0.2) is 40.9 Å². The first-order chi connectivity index (χ1) is 13.0. The van der Waals surface area contributed by atoms with E-state index in [-0.39, 0.29) is 18.3 Å². The smallest absolute Gasteiger partial charge is 0.287 e. The third kappa shape index (κ3) is 4.39. The van der Waals surface area contributed by atoms with E-state index < -0.39 is 0 Å². The van der Waals surface area contributed by atoms with Gasteiger partial charge in [0.1, 0.15) is 18.1 Å². The second-order valence-corrected chi connectivity index (χ2v) is 6.55. The van der Waals surface area contributed by atoms with E-state index in [4.69, 9.17) is 9.15 Å². The Morgan fingerprint density at radius 3 is 2.59 bits per heavy atom. The summed E-state index contributed by atoms with van der Waals surface area (Å²) < 4.78 is 13.4. The summed E-state index contributed by atoms with van der Waals surface area (Å²) in [5.41, 5.74) is 4.06. The summed E-state index contributed by atoms with van der Waals surface area (Å²) in [7, 11) is 0. The van der Waals surface area contributed by atoms with Gasteiger partial charge in [-0.05, 0) is 51.0 Å². The number of aryl methyl sites for hydroxylation is 4. The first kappa shape index (κ1) is 18.8. The van der Waals surface area contributed by atoms with E-state index in [1.807, 2.05) is 56.8 Å². The fourth-order valence-electron chi connectivity index (χ4n) is 2.90. The van der Waals surface area contributed by atoms with Crippen molar-refractivity contribution in [2.24, 2.45) is 0 Å². The van der Waals surface area contributed by atoms with Crippen molar-refractivity contribution in [3.05, 3.63) is 70.4 Å². The molecule has 0 saturated carbocycles. The highest BCUT2D eigenvalue weighted by Gasteiger charge is 2.13. The van der Waals surface area contributed by atoms with Gasteiger partial charge < -0.3 is 14.5 Å². The van der Waals surface area contributed by atoms with Crippen LogP contribution in [0.2, 0.25) is 0 Å². The summed E-state index contributed by atoms with van der Waals surface area (Å²) >= 11 is 0. The molecule has 2 heterocycles. The second-order valence-electron chi connectivity index (χ2n) is 6.55. The average Bonchev–Trinajstić information content (AvgIpc) is 3.26. The minimum Gasteiger partial charge on any atom is -0.485 e. The van der Waals surface area contributed by atoms with E-state index in [2.05, 4.69) is 10.4 Å². The van der Waals surface area contributed by atoms with Crippen LogP contribution in [-0.2, 0) is 19.7 Å². The van der Waals surface area contributed by atoms with Crippen molar-refractivity contribution in [2.75, 3.05) is 0 Å². The van der Waals surface area contributed by atoms with Gasteiger partial charge >= 0.3 is 0 Å². The standard InChI is InChI=1S/C21H25N3O3/c1-5-24-12-17(16(4)23-24)11-22-21(25)19-10-9-18(27-19)13-26-20-14(2)7-6-8-15(20)3/h6-10,12H,5,11,13H2,1-4H3,(H,22,25). The Bertz CT molecular complexity index is 920. The molecular weight excluding hydrogens is 342 g/mol. The molecule has 0 saturated heterocycles. The summed E-state index contributed by atoms with van der Waals surface area (Å²) in [6, 6.07) is 9.45. The van der Waals surface area contributed by atoms with Gasteiger partial charge in [0, 0.05) is 24.8 Å². The van der Waals surface area contributed by atoms with Gasteiger partial charge in [-0.1, -0.05) is 18.2 Å². The zero-order valence-electron chi connectivity index (χ0n) is 16.2. The quantitative estimate of drug-likeness (QED) is 0.687. The normalized spacial score (nSPS) is 10.8. The Morgan fingerprint density at radius 2 is 1.93 bits per heavy atom. The fraction of sp³-hybridized carbons (Fsp3) is 0.333. The molecule has 0 fully saturated rings. The highest BCUT2D eigenvalue weighted by atomic mass is 16.5. The van der Waals surface area contributed by atoms with E-state index >= 15 is 0 Å². The number of benzene rings is 1. The first-order valence-electron chi connectivity index (χ1n) is 9.06. The highest BCUT2D eigenvalue weighted by molar-refractivity contribution is 5.91. The summed E-state index contributed by atoms with van der Waals surface area (Å²) in [5, 5.41) is 7.25. The third-order valence-corrected chi connectivity index (χ3v) is 4.46. The van der Waals surface area contributed by atoms with Crippen LogP contribution < -0.4 is 10.1 Å². The molecular formula is C21H25N3O3. The largest absolute Gasteiger partial charge is 0.485 e. The number of para-hydroxylation sites is 1. The molecule has 1 N–H and O–H groups in total. The van der Waals surface area contributed by atoms with Gasteiger partial charge in [0.25, 0.3) is 5.91 Å². The van der Waals surface area contributed by atoms with Crippen molar-refractivity contribution in [3.63, 3.8) is 0 Å². The lowest BCUT2D eigenvalue weighted by atomic mass is 10.1. The van der Waals surface area contributed by atoms with Gasteiger partial charge in [0.15, 0.2) is 5.76 Å². The Labute approximate surface area is 159 Å². The predicted molar refractivity (Wildman–Crippen MR) is 103 cm³/mol. The third-order valence-electron chi connectivity index (χ3n) is 4.46. The van der Waals surface area contributed by atoms with E-state index in [1.165, 1.54) is 0 Å². The molecule has 0 spiro atoms. The zero-order valence-corrected chi connectivity index (χ0v) is 16.2. The minimum atomic E-state index is -0.253. The maximum Gasteiger partial charge on any atom is 0.287 e. The van der Waals surface area contributed by atoms with Gasteiger partial charge in [-0.15, -0.1) is 0 Å². The molecule has 6 nitrogen and oxygen atoms in total. The number of nitrogens with zero attached hydrogens (tertiary/aromatic N) is 2. The number of aromatic nitrogens is 2. The van der Waals surface area contributed by atoms with E-state index in [0.717, 1.165) is 34.7 Å². The molecule has 27 heavy (non-hydrogen) atoms. The molecule has 0 aliphatic rings. The van der Waals surface area contributed by atoms with Crippen LogP contribution >= 0.6 is 0 Å². The number of hydrogen-bond donors (Lipinski definition) is 1. The SMILES string of the molecule is CCn1cc(CNC(=O)c2ccc(COc3c(C)cccc3C)o2)c(C)n1. The number of furan rings is 1. The molecule has 0 unspecified atom stereocenters. The van der Waals surface area contributed by atoms with Gasteiger partial charge in [0.2, 0.25) is 0 Å². The van der Waals surface area contributed by atoms with Crippen LogP contribution in [0.4, 0.5) is 0 Å². The molecule has 1 aromatic carbocycles. The number of amides is 1. The molecule has 1 amide bonds. The lowest BCUT2D eigenvalue weighted by molar-refractivity contribution is 0.0919. The lowest BCUT2D eigenvalue weighted by Gasteiger charge is -2.10. The van der Waals surface area contributed by atoms with Gasteiger partial charge in [-0.3, -0.25) is 9.48 Å². The van der Waals surface area contributed by atoms with Crippen LogP contribution in [0.3, 0.4) is 0 Å². The number of rotatable bonds is 7. The topological polar surface area (TPSA) is 69.3 Å². The zero-order chi connectivity index (χ0) is 19.4. The molecule has 2 aromatic heterocycles. The van der Waals surface area contributed by atoms with Gasteiger partial charge in [-0.2, -0.15) is 5.10 Å². The molecule has 3 aromatic rings. The average molecular weight is 367 g/mol. The Hall–Kier alpha value is -3.02. The number of carbonyl (C=O) groups excluding carboxylic acids is 1. The summed E-state index contributed by atoms with van der Waals surface area (Å²) in [5.74, 6) is 1.48. The summed E-state index contributed by atoms with van der Waals surface area (Å²) in [4.78, 5) is 12.3. The minimum absolute atomic E-state index is 0.253. The van der Waals surface area contributed by atoms with Crippen molar-refractivity contribution in [1.82, 2.24) is 15.1 Å². The number of ether oxygens (including phenoxy) is 1. The van der Waals surface area contributed by atoms with E-state index in [1.54, 1.807) is 12.1 Å². The van der Waals surface area contributed by atoms with Crippen molar-refractivity contribution in [1.29, 1.82) is 0 Å². The Kier molecular flexibility index (Phi) is 5.64. The molecule has 0 bridgehead atoms. The predicted octanol–water partition coefficient (Wildman–Crippen LogP) is 3.93. The van der Waals surface area contributed by atoms with Crippen molar-refractivity contribution < 1.29 is 13.9 Å². The second kappa shape index (κ2) is 8.12. The maximum absolute atomic E-state index is 12.3. The number of hydrogen-bond acceptors (Lipinski definition) is 4. The van der Waals surface area contributed by atoms with Gasteiger partial charge in [0.05, 0.1) is 5.69 Å². The summed E-state index contributed by atoms with van der Waals surface area (Å²) in [6.45, 7) is 9.47. The molecule has 142 valence electrons. The van der Waals surface area contributed by atoms with Crippen LogP contribution in [0.25, 0.3) is 0 Å². The lowest BCUT2D eigenvalue weighted by Crippen LogP contribution is -2.22. The Morgan fingerprint density at radius 1 is 1.19 bits per heavy atom. The molecule has 0 aliphatic carbocycles. The molecule has 0 radical (unpaired) electrons. The van der Waals surface area contributed by atoms with Crippen molar-refractivity contribution in [2.45, 2.75) is 47.4 Å². The van der Waals surface area contributed by atoms with Crippen LogP contribution in [0, 0.1) is 20.8 Å². The molecule has 6 heteroatoms. The Balaban J connectivity index is 1.58. The maximum atomic E-state index is 12.3. The highest BCUT2D eigenvalue weighted by Crippen LogP contribution is 2.23. The molecule has 3 rings (SSSR count). The van der Waals surface area contributed by atoms with Crippen LogP contribution in [-0.4, -0.2) is 15.7 Å². The summed E-state index contributed by atoms with van der Waals surface area (Å²) in [6.07, 6.45) is 1.95.